The van der Waals surface area contributed by atoms with Crippen LogP contribution in [0.3, 0.4) is 0 Å². The van der Waals surface area contributed by atoms with Crippen LogP contribution in [0.15, 0.2) is 10.8 Å². The molecule has 0 unspecified atom stereocenters. The molecule has 0 bridgehead atoms. The van der Waals surface area contributed by atoms with Crippen molar-refractivity contribution in [3.05, 3.63) is 17.5 Å². The summed E-state index contributed by atoms with van der Waals surface area (Å²) in [4.78, 5) is 10.3. The molecule has 1 N–H and O–H groups in total. The molecule has 0 spiro atoms. The Morgan fingerprint density at radius 1 is 1.62 bits per heavy atom. The van der Waals surface area contributed by atoms with Crippen molar-refractivity contribution >= 4 is 5.97 Å². The lowest BCUT2D eigenvalue weighted by Gasteiger charge is -2.02. The number of carboxylic acid groups (broad SMARTS) is 1. The van der Waals surface area contributed by atoms with Crippen LogP contribution >= 0.6 is 0 Å². The summed E-state index contributed by atoms with van der Waals surface area (Å²) in [6, 6.07) is 0. The molecular formula is C6H4F3NO3. The summed E-state index contributed by atoms with van der Waals surface area (Å²) in [7, 11) is 0. The maximum absolute atomic E-state index is 11.8. The van der Waals surface area contributed by atoms with Crippen molar-refractivity contribution in [2.24, 2.45) is 0 Å². The molecule has 0 amide bonds. The van der Waals surface area contributed by atoms with E-state index in [9.17, 15) is 18.0 Å². The lowest BCUT2D eigenvalue weighted by molar-refractivity contribution is -0.128. The van der Waals surface area contributed by atoms with Crippen LogP contribution in [0, 0.1) is 0 Å². The van der Waals surface area contributed by atoms with Gasteiger partial charge in [-0.25, -0.2) is 4.79 Å². The van der Waals surface area contributed by atoms with E-state index in [1.54, 1.807) is 0 Å². The zero-order valence-electron chi connectivity index (χ0n) is 6.13. The standard InChI is InChI=1S/C6H4F3NO3/c7-6(8,9)1-4-3(5(11)12)2-13-10-4/h2H,1H2,(H,11,12). The number of hydrogen-bond acceptors (Lipinski definition) is 3. The first-order chi connectivity index (χ1) is 5.90. The highest BCUT2D eigenvalue weighted by Crippen LogP contribution is 2.22. The van der Waals surface area contributed by atoms with Crippen LogP contribution in [0.25, 0.3) is 0 Å². The van der Waals surface area contributed by atoms with Crippen LogP contribution in [0.4, 0.5) is 13.2 Å². The second-order valence-electron chi connectivity index (χ2n) is 2.27. The van der Waals surface area contributed by atoms with Gasteiger partial charge in [-0.2, -0.15) is 13.2 Å². The topological polar surface area (TPSA) is 63.3 Å². The third-order valence-corrected chi connectivity index (χ3v) is 1.24. The lowest BCUT2D eigenvalue weighted by Crippen LogP contribution is -2.14. The van der Waals surface area contributed by atoms with E-state index >= 15 is 0 Å². The van der Waals surface area contributed by atoms with Crippen molar-refractivity contribution in [3.8, 4) is 0 Å². The molecule has 0 aromatic carbocycles. The molecule has 13 heavy (non-hydrogen) atoms. The first-order valence-corrected chi connectivity index (χ1v) is 3.13. The van der Waals surface area contributed by atoms with Gasteiger partial charge in [-0.05, 0) is 0 Å². The smallest absolute Gasteiger partial charge is 0.394 e. The summed E-state index contributed by atoms with van der Waals surface area (Å²) in [5.41, 5.74) is -1.17. The Balaban J connectivity index is 2.89. The third-order valence-electron chi connectivity index (χ3n) is 1.24. The van der Waals surface area contributed by atoms with E-state index in [1.807, 2.05) is 0 Å². The number of hydrogen-bond donors (Lipinski definition) is 1. The van der Waals surface area contributed by atoms with Gasteiger partial charge in [-0.15, -0.1) is 0 Å². The number of aromatic carboxylic acids is 1. The zero-order valence-corrected chi connectivity index (χ0v) is 6.13. The average molecular weight is 195 g/mol. The number of aromatic nitrogens is 1. The van der Waals surface area contributed by atoms with E-state index in [-0.39, 0.29) is 0 Å². The Labute approximate surface area is 69.9 Å². The van der Waals surface area contributed by atoms with E-state index in [0.717, 1.165) is 0 Å². The second-order valence-corrected chi connectivity index (χ2v) is 2.27. The predicted molar refractivity (Wildman–Crippen MR) is 33.2 cm³/mol. The Morgan fingerprint density at radius 3 is 2.69 bits per heavy atom. The van der Waals surface area contributed by atoms with E-state index in [0.29, 0.717) is 6.26 Å². The largest absolute Gasteiger partial charge is 0.478 e. The summed E-state index contributed by atoms with van der Waals surface area (Å²) in [5, 5.41) is 11.3. The molecule has 0 radical (unpaired) electrons. The summed E-state index contributed by atoms with van der Waals surface area (Å²) in [6.45, 7) is 0. The van der Waals surface area contributed by atoms with Crippen LogP contribution in [0.1, 0.15) is 16.1 Å². The molecule has 1 aromatic heterocycles. The number of alkyl halides is 3. The highest BCUT2D eigenvalue weighted by atomic mass is 19.4. The third kappa shape index (κ3) is 2.46. The van der Waals surface area contributed by atoms with E-state index in [4.69, 9.17) is 5.11 Å². The normalized spacial score (nSPS) is 11.6. The van der Waals surface area contributed by atoms with Crippen LogP contribution in [0.2, 0.25) is 0 Å². The Bertz CT molecular complexity index is 317. The van der Waals surface area contributed by atoms with Gasteiger partial charge < -0.3 is 9.63 Å². The molecule has 0 fully saturated rings. The maximum atomic E-state index is 11.8. The van der Waals surface area contributed by atoms with Gasteiger partial charge in [0.2, 0.25) is 0 Å². The molecule has 1 aromatic rings. The molecule has 0 aliphatic heterocycles. The van der Waals surface area contributed by atoms with E-state index in [2.05, 4.69) is 9.68 Å². The van der Waals surface area contributed by atoms with Crippen molar-refractivity contribution in [3.63, 3.8) is 0 Å². The Kier molecular flexibility index (Phi) is 2.26. The van der Waals surface area contributed by atoms with E-state index in [1.165, 1.54) is 0 Å². The first-order valence-electron chi connectivity index (χ1n) is 3.13. The fraction of sp³-hybridized carbons (Fsp3) is 0.333. The number of rotatable bonds is 2. The molecule has 0 atom stereocenters. The van der Waals surface area contributed by atoms with Gasteiger partial charge in [0.1, 0.15) is 17.5 Å². The summed E-state index contributed by atoms with van der Waals surface area (Å²) in [5.74, 6) is -1.49. The van der Waals surface area contributed by atoms with Gasteiger partial charge in [-0.1, -0.05) is 5.16 Å². The fourth-order valence-corrected chi connectivity index (χ4v) is 0.751. The van der Waals surface area contributed by atoms with Crippen molar-refractivity contribution in [2.75, 3.05) is 0 Å². The highest BCUT2D eigenvalue weighted by molar-refractivity contribution is 5.88. The van der Waals surface area contributed by atoms with Gasteiger partial charge in [0.15, 0.2) is 0 Å². The zero-order chi connectivity index (χ0) is 10.1. The highest BCUT2D eigenvalue weighted by Gasteiger charge is 2.32. The number of nitrogens with zero attached hydrogens (tertiary/aromatic N) is 1. The minimum absolute atomic E-state index is 0.558. The van der Waals surface area contributed by atoms with Crippen LogP contribution in [-0.2, 0) is 6.42 Å². The average Bonchev–Trinajstić information content (AvgIpc) is 2.31. The van der Waals surface area contributed by atoms with Gasteiger partial charge in [0.05, 0.1) is 6.42 Å². The van der Waals surface area contributed by atoms with Gasteiger partial charge >= 0.3 is 12.1 Å². The van der Waals surface area contributed by atoms with E-state index < -0.39 is 29.8 Å². The molecule has 0 saturated carbocycles. The first kappa shape index (κ1) is 9.56. The van der Waals surface area contributed by atoms with Gasteiger partial charge in [0.25, 0.3) is 0 Å². The lowest BCUT2D eigenvalue weighted by atomic mass is 10.2. The molecule has 7 heteroatoms. The summed E-state index contributed by atoms with van der Waals surface area (Å²) < 4.78 is 39.5. The predicted octanol–water partition coefficient (Wildman–Crippen LogP) is 1.48. The Morgan fingerprint density at radius 2 is 2.23 bits per heavy atom. The number of carbonyl (C=O) groups is 1. The number of halogens is 3. The summed E-state index contributed by atoms with van der Waals surface area (Å²) >= 11 is 0. The maximum Gasteiger partial charge on any atom is 0.394 e. The molecule has 72 valence electrons. The van der Waals surface area contributed by atoms with Crippen molar-refractivity contribution in [1.82, 2.24) is 5.16 Å². The fourth-order valence-electron chi connectivity index (χ4n) is 0.751. The number of carboxylic acids is 1. The van der Waals surface area contributed by atoms with Crippen LogP contribution in [-0.4, -0.2) is 22.4 Å². The molecule has 0 aliphatic carbocycles. The minimum Gasteiger partial charge on any atom is -0.478 e. The monoisotopic (exact) mass is 195 g/mol. The molecule has 4 nitrogen and oxygen atoms in total. The molecule has 0 saturated heterocycles. The van der Waals surface area contributed by atoms with Crippen LogP contribution < -0.4 is 0 Å². The van der Waals surface area contributed by atoms with Crippen molar-refractivity contribution < 1.29 is 27.6 Å². The molecule has 1 heterocycles. The molecule has 0 aliphatic rings. The Hall–Kier alpha value is -1.53. The summed E-state index contributed by atoms with van der Waals surface area (Å²) in [6.07, 6.45) is -5.21. The van der Waals surface area contributed by atoms with Gasteiger partial charge in [-0.3, -0.25) is 0 Å². The van der Waals surface area contributed by atoms with Gasteiger partial charge in [0, 0.05) is 0 Å². The SMILES string of the molecule is O=C(O)c1conc1CC(F)(F)F. The second kappa shape index (κ2) is 3.08. The molecule has 1 rings (SSSR count). The molecular weight excluding hydrogens is 191 g/mol. The van der Waals surface area contributed by atoms with Crippen molar-refractivity contribution in [2.45, 2.75) is 12.6 Å². The minimum atomic E-state index is -4.49. The van der Waals surface area contributed by atoms with Crippen LogP contribution in [0.5, 0.6) is 0 Å². The quantitative estimate of drug-likeness (QED) is 0.776. The van der Waals surface area contributed by atoms with Crippen molar-refractivity contribution in [1.29, 1.82) is 0 Å².